The Labute approximate surface area is 239 Å². The molecule has 0 bridgehead atoms. The molecule has 1 saturated heterocycles. The van der Waals surface area contributed by atoms with E-state index in [1.807, 2.05) is 0 Å². The molecule has 11 nitrogen and oxygen atoms in total. The van der Waals surface area contributed by atoms with E-state index in [0.29, 0.717) is 25.8 Å². The average Bonchev–Trinajstić information content (AvgIpc) is 3.36. The van der Waals surface area contributed by atoms with Crippen LogP contribution in [-0.4, -0.2) is 81.1 Å². The number of rotatable bonds is 6. The Morgan fingerprint density at radius 1 is 1.07 bits per heavy atom. The van der Waals surface area contributed by atoms with E-state index in [1.165, 1.54) is 47.8 Å². The number of piperazine rings is 1. The number of amides is 1. The number of nitrogens with zero attached hydrogens (tertiary/aromatic N) is 5. The number of halogens is 1. The molecule has 3 aromatic heterocycles. The van der Waals surface area contributed by atoms with E-state index >= 15 is 0 Å². The molecule has 1 aromatic carbocycles. The van der Waals surface area contributed by atoms with Gasteiger partial charge in [-0.2, -0.15) is 9.04 Å². The first kappa shape index (κ1) is 28.3. The van der Waals surface area contributed by atoms with Crippen LogP contribution in [0.1, 0.15) is 24.2 Å². The molecular formula is C26H26ClN5O6S2. The first-order valence-electron chi connectivity index (χ1n) is 12.3. The summed E-state index contributed by atoms with van der Waals surface area (Å²) in [6.07, 6.45) is 3.03. The van der Waals surface area contributed by atoms with Crippen molar-refractivity contribution in [2.24, 2.45) is 0 Å². The van der Waals surface area contributed by atoms with Gasteiger partial charge >= 0.3 is 0 Å². The van der Waals surface area contributed by atoms with Crippen molar-refractivity contribution in [1.29, 1.82) is 0 Å². The van der Waals surface area contributed by atoms with Gasteiger partial charge in [-0.15, -0.1) is 11.3 Å². The molecule has 0 aliphatic carbocycles. The van der Waals surface area contributed by atoms with Crippen LogP contribution in [0.15, 0.2) is 65.4 Å². The molecule has 4 atom stereocenters. The van der Waals surface area contributed by atoms with E-state index in [-0.39, 0.29) is 22.9 Å². The first-order chi connectivity index (χ1) is 19.0. The van der Waals surface area contributed by atoms with Gasteiger partial charge in [0.25, 0.3) is 15.9 Å². The fraction of sp³-hybridized carbons (Fsp3) is 0.308. The highest BCUT2D eigenvalue weighted by Gasteiger charge is 2.46. The molecule has 40 heavy (non-hydrogen) atoms. The zero-order valence-electron chi connectivity index (χ0n) is 21.5. The van der Waals surface area contributed by atoms with Gasteiger partial charge in [-0.1, -0.05) is 17.7 Å². The van der Waals surface area contributed by atoms with Crippen molar-refractivity contribution < 1.29 is 28.2 Å². The number of pyridine rings is 1. The lowest BCUT2D eigenvalue weighted by molar-refractivity contribution is -0.605. The van der Waals surface area contributed by atoms with Gasteiger partial charge in [0.05, 0.1) is 29.9 Å². The minimum absolute atomic E-state index is 0.102. The Bertz CT molecular complexity index is 1630. The molecular weight excluding hydrogens is 578 g/mol. The Balaban J connectivity index is 1.45. The maximum Gasteiger partial charge on any atom is 0.257 e. The largest absolute Gasteiger partial charge is 0.619 e. The molecule has 0 saturated carbocycles. The highest BCUT2D eigenvalue weighted by Crippen LogP contribution is 2.35. The number of hydrogen-bond acceptors (Lipinski definition) is 9. The Kier molecular flexibility index (Phi) is 7.79. The summed E-state index contributed by atoms with van der Waals surface area (Å²) in [5.74, 6) is -0.251. The van der Waals surface area contributed by atoms with E-state index in [1.54, 1.807) is 36.4 Å². The predicted molar refractivity (Wildman–Crippen MR) is 149 cm³/mol. The summed E-state index contributed by atoms with van der Waals surface area (Å²) < 4.78 is 30.1. The molecule has 1 amide bonds. The highest BCUT2D eigenvalue weighted by molar-refractivity contribution is 7.91. The molecule has 5 rings (SSSR count). The van der Waals surface area contributed by atoms with Gasteiger partial charge < -0.3 is 20.3 Å². The number of carbonyl (C=O) groups excluding carboxylic acids is 1. The van der Waals surface area contributed by atoms with Crippen molar-refractivity contribution in [3.8, 4) is 11.4 Å². The number of sulfonamides is 1. The van der Waals surface area contributed by atoms with Crippen molar-refractivity contribution in [1.82, 2.24) is 19.2 Å². The van der Waals surface area contributed by atoms with Gasteiger partial charge in [0.15, 0.2) is 18.2 Å². The molecule has 1 aliphatic rings. The van der Waals surface area contributed by atoms with Gasteiger partial charge in [0.1, 0.15) is 4.21 Å². The number of benzene rings is 1. The van der Waals surface area contributed by atoms with Gasteiger partial charge in [-0.25, -0.2) is 18.4 Å². The van der Waals surface area contributed by atoms with E-state index in [2.05, 4.69) is 9.97 Å². The first-order valence-corrected chi connectivity index (χ1v) is 15.0. The lowest BCUT2D eigenvalue weighted by atomic mass is 9.99. The normalized spacial score (nSPS) is 20.0. The second-order valence-corrected chi connectivity index (χ2v) is 13.3. The van der Waals surface area contributed by atoms with Crippen LogP contribution in [0.4, 0.5) is 0 Å². The number of fused-ring (bicyclic) bond motifs is 1. The number of aliphatic hydroxyl groups excluding tert-OH is 2. The topological polar surface area (TPSA) is 151 Å². The number of aliphatic hydroxyl groups is 2. The smallest absolute Gasteiger partial charge is 0.257 e. The average molecular weight is 604 g/mol. The molecule has 14 heteroatoms. The summed E-state index contributed by atoms with van der Waals surface area (Å²) in [6, 6.07) is 7.86. The zero-order chi connectivity index (χ0) is 28.8. The van der Waals surface area contributed by atoms with Crippen molar-refractivity contribution in [2.45, 2.75) is 42.3 Å². The standard InChI is InChI=1S/C26H26ClN5O6S2/c1-15(33)21-13-31(40(37,38)24-9-18-3-4-20(27)10-23(18)39-24)14-22(16(2)34)32(21)26(35)19-11-28-25(29-12-19)17-5-7-30(36)8-6-17/h3-12,15-16,21-22,33-34H,13-14H2,1-2H3. The summed E-state index contributed by atoms with van der Waals surface area (Å²) in [7, 11) is -4.02. The Hall–Kier alpha value is -3.20. The molecule has 0 spiro atoms. The third-order valence-corrected chi connectivity index (χ3v) is 10.5. The second kappa shape index (κ2) is 11.0. The van der Waals surface area contributed by atoms with Crippen molar-refractivity contribution >= 4 is 49.0 Å². The van der Waals surface area contributed by atoms with Gasteiger partial charge in [-0.05, 0) is 37.4 Å². The molecule has 2 N–H and O–H groups in total. The van der Waals surface area contributed by atoms with E-state index in [4.69, 9.17) is 11.6 Å². The molecule has 4 unspecified atom stereocenters. The van der Waals surface area contributed by atoms with Crippen LogP contribution >= 0.6 is 22.9 Å². The minimum atomic E-state index is -4.02. The molecule has 4 heterocycles. The number of carbonyl (C=O) groups is 1. The third-order valence-electron chi connectivity index (χ3n) is 6.86. The van der Waals surface area contributed by atoms with Gasteiger partial charge in [0.2, 0.25) is 0 Å². The van der Waals surface area contributed by atoms with Gasteiger partial charge in [-0.3, -0.25) is 4.79 Å². The van der Waals surface area contributed by atoms with E-state index < -0.39 is 40.2 Å². The van der Waals surface area contributed by atoms with Crippen molar-refractivity contribution in [3.05, 3.63) is 77.0 Å². The van der Waals surface area contributed by atoms with Crippen molar-refractivity contribution in [3.63, 3.8) is 0 Å². The van der Waals surface area contributed by atoms with Crippen molar-refractivity contribution in [2.75, 3.05) is 13.1 Å². The number of thiophene rings is 1. The Morgan fingerprint density at radius 2 is 1.68 bits per heavy atom. The van der Waals surface area contributed by atoms with Crippen LogP contribution in [0.25, 0.3) is 21.5 Å². The summed E-state index contributed by atoms with van der Waals surface area (Å²) in [6.45, 7) is 2.59. The number of hydrogen-bond donors (Lipinski definition) is 2. The second-order valence-electron chi connectivity index (χ2n) is 9.64. The molecule has 1 fully saturated rings. The van der Waals surface area contributed by atoms with E-state index in [0.717, 1.165) is 16.7 Å². The maximum atomic E-state index is 13.7. The SMILES string of the molecule is CC(O)C1CN(S(=O)(=O)c2cc3ccc(Cl)cc3s2)CC(C(C)O)N1C(=O)c1cnc(-c2cc[n+]([O-])cc2)nc1. The third kappa shape index (κ3) is 5.40. The van der Waals surface area contributed by atoms with Crippen LogP contribution in [0.3, 0.4) is 0 Å². The fourth-order valence-corrected chi connectivity index (χ4v) is 8.02. The zero-order valence-corrected chi connectivity index (χ0v) is 23.8. The van der Waals surface area contributed by atoms with Gasteiger partial charge in [0, 0.05) is 52.9 Å². The minimum Gasteiger partial charge on any atom is -0.619 e. The molecule has 210 valence electrons. The molecule has 4 aromatic rings. The summed E-state index contributed by atoms with van der Waals surface area (Å²) in [4.78, 5) is 23.5. The fourth-order valence-electron chi connectivity index (χ4n) is 4.71. The van der Waals surface area contributed by atoms with Crippen LogP contribution in [0.2, 0.25) is 5.02 Å². The monoisotopic (exact) mass is 603 g/mol. The Morgan fingerprint density at radius 3 is 2.25 bits per heavy atom. The maximum absolute atomic E-state index is 13.7. The van der Waals surface area contributed by atoms with Crippen LogP contribution in [-0.2, 0) is 10.0 Å². The van der Waals surface area contributed by atoms with Crippen LogP contribution < -0.4 is 4.73 Å². The predicted octanol–water partition coefficient (Wildman–Crippen LogP) is 2.29. The lowest BCUT2D eigenvalue weighted by Crippen LogP contribution is -2.66. The van der Waals surface area contributed by atoms with Crippen LogP contribution in [0, 0.1) is 5.21 Å². The lowest BCUT2D eigenvalue weighted by Gasteiger charge is -2.48. The van der Waals surface area contributed by atoms with Crippen LogP contribution in [0.5, 0.6) is 0 Å². The summed E-state index contributed by atoms with van der Waals surface area (Å²) in [5.41, 5.74) is 0.685. The number of aromatic nitrogens is 3. The molecule has 0 radical (unpaired) electrons. The summed E-state index contributed by atoms with van der Waals surface area (Å²) >= 11 is 7.15. The van der Waals surface area contributed by atoms with E-state index in [9.17, 15) is 28.6 Å². The summed E-state index contributed by atoms with van der Waals surface area (Å²) in [5, 5.41) is 33.9. The quantitative estimate of drug-likeness (QED) is 0.252. The highest BCUT2D eigenvalue weighted by atomic mass is 35.5. The molecule has 1 aliphatic heterocycles.